The zero-order chi connectivity index (χ0) is 14.5. The zero-order valence-corrected chi connectivity index (χ0v) is 13.7. The lowest BCUT2D eigenvalue weighted by Gasteiger charge is -2.11. The first-order chi connectivity index (χ1) is 9.58. The predicted octanol–water partition coefficient (Wildman–Crippen LogP) is 4.77. The molecule has 0 aliphatic carbocycles. The first-order valence-electron chi connectivity index (χ1n) is 6.40. The number of hydrogen-bond acceptors (Lipinski definition) is 4. The lowest BCUT2D eigenvalue weighted by Crippen LogP contribution is -2.05. The van der Waals surface area contributed by atoms with Crippen molar-refractivity contribution in [3.63, 3.8) is 0 Å². The van der Waals surface area contributed by atoms with Crippen molar-refractivity contribution in [3.05, 3.63) is 39.6 Å². The molecule has 2 N–H and O–H groups in total. The fourth-order valence-corrected chi connectivity index (χ4v) is 2.42. The van der Waals surface area contributed by atoms with Gasteiger partial charge in [0.05, 0.1) is 10.7 Å². The highest BCUT2D eigenvalue weighted by Crippen LogP contribution is 2.28. The van der Waals surface area contributed by atoms with Crippen LogP contribution < -0.4 is 10.6 Å². The molecule has 20 heavy (non-hydrogen) atoms. The van der Waals surface area contributed by atoms with E-state index in [-0.39, 0.29) is 0 Å². The molecular formula is C14H16BrClN4. The Morgan fingerprint density at radius 2 is 1.95 bits per heavy atom. The first-order valence-corrected chi connectivity index (χ1v) is 7.57. The molecule has 4 nitrogen and oxygen atoms in total. The molecule has 2 rings (SSSR count). The summed E-state index contributed by atoms with van der Waals surface area (Å²) in [5, 5.41) is 7.10. The number of halogens is 2. The van der Waals surface area contributed by atoms with Crippen molar-refractivity contribution in [3.8, 4) is 0 Å². The van der Waals surface area contributed by atoms with Crippen LogP contribution in [0.3, 0.4) is 0 Å². The minimum Gasteiger partial charge on any atom is -0.370 e. The van der Waals surface area contributed by atoms with Gasteiger partial charge in [-0.1, -0.05) is 34.5 Å². The number of hydrogen-bond donors (Lipinski definition) is 2. The van der Waals surface area contributed by atoms with Gasteiger partial charge < -0.3 is 10.6 Å². The maximum Gasteiger partial charge on any atom is 0.136 e. The third kappa shape index (κ3) is 4.08. The molecule has 0 bridgehead atoms. The Balaban J connectivity index is 2.21. The van der Waals surface area contributed by atoms with Gasteiger partial charge in [0.1, 0.15) is 17.5 Å². The number of aromatic nitrogens is 2. The SMILES string of the molecule is CCCNc1cc(Nc2ccc(Br)cc2Cl)nc(C)n1. The summed E-state index contributed by atoms with van der Waals surface area (Å²) in [4.78, 5) is 8.71. The van der Waals surface area contributed by atoms with Crippen LogP contribution in [-0.4, -0.2) is 16.5 Å². The van der Waals surface area contributed by atoms with Gasteiger partial charge in [-0.3, -0.25) is 0 Å². The highest BCUT2D eigenvalue weighted by Gasteiger charge is 2.05. The normalized spacial score (nSPS) is 10.4. The van der Waals surface area contributed by atoms with E-state index in [1.54, 1.807) is 0 Å². The summed E-state index contributed by atoms with van der Waals surface area (Å²) in [6.07, 6.45) is 1.05. The Labute approximate surface area is 132 Å². The summed E-state index contributed by atoms with van der Waals surface area (Å²) in [6.45, 7) is 4.86. The van der Waals surface area contributed by atoms with E-state index in [2.05, 4.69) is 43.5 Å². The summed E-state index contributed by atoms with van der Waals surface area (Å²) < 4.78 is 0.942. The standard InChI is InChI=1S/C14H16BrClN4/c1-3-6-17-13-8-14(19-9(2)18-13)20-12-5-4-10(15)7-11(12)16/h4-5,7-8H,3,6H2,1-2H3,(H2,17,18,19,20). The van der Waals surface area contributed by atoms with Crippen LogP contribution in [0.25, 0.3) is 0 Å². The highest BCUT2D eigenvalue weighted by atomic mass is 79.9. The van der Waals surface area contributed by atoms with Crippen LogP contribution in [0.5, 0.6) is 0 Å². The third-order valence-corrected chi connectivity index (χ3v) is 3.39. The molecule has 1 aromatic heterocycles. The van der Waals surface area contributed by atoms with Crippen LogP contribution in [-0.2, 0) is 0 Å². The Morgan fingerprint density at radius 1 is 1.20 bits per heavy atom. The second-order valence-corrected chi connectivity index (χ2v) is 5.68. The van der Waals surface area contributed by atoms with Crippen molar-refractivity contribution in [1.29, 1.82) is 0 Å². The van der Waals surface area contributed by atoms with E-state index >= 15 is 0 Å². The molecule has 2 aromatic rings. The van der Waals surface area contributed by atoms with Crippen LogP contribution in [0.4, 0.5) is 17.3 Å². The van der Waals surface area contributed by atoms with Gasteiger partial charge in [-0.25, -0.2) is 9.97 Å². The van der Waals surface area contributed by atoms with Gasteiger partial charge >= 0.3 is 0 Å². The molecule has 6 heteroatoms. The van der Waals surface area contributed by atoms with Gasteiger partial charge in [-0.15, -0.1) is 0 Å². The van der Waals surface area contributed by atoms with Crippen molar-refractivity contribution in [1.82, 2.24) is 9.97 Å². The molecule has 1 heterocycles. The van der Waals surface area contributed by atoms with Crippen LogP contribution in [0.15, 0.2) is 28.7 Å². The van der Waals surface area contributed by atoms with E-state index in [9.17, 15) is 0 Å². The predicted molar refractivity (Wildman–Crippen MR) is 88.0 cm³/mol. The Bertz CT molecular complexity index is 604. The van der Waals surface area contributed by atoms with E-state index in [4.69, 9.17) is 11.6 Å². The van der Waals surface area contributed by atoms with Crippen LogP contribution in [0.1, 0.15) is 19.2 Å². The van der Waals surface area contributed by atoms with Gasteiger partial charge in [-0.2, -0.15) is 0 Å². The number of anilines is 3. The monoisotopic (exact) mass is 354 g/mol. The van der Waals surface area contributed by atoms with Crippen molar-refractivity contribution in [2.75, 3.05) is 17.2 Å². The number of nitrogens with zero attached hydrogens (tertiary/aromatic N) is 2. The number of nitrogens with one attached hydrogen (secondary N) is 2. The minimum absolute atomic E-state index is 0.638. The largest absolute Gasteiger partial charge is 0.370 e. The molecule has 1 aromatic carbocycles. The Morgan fingerprint density at radius 3 is 2.65 bits per heavy atom. The molecular weight excluding hydrogens is 340 g/mol. The van der Waals surface area contributed by atoms with Crippen LogP contribution in [0.2, 0.25) is 5.02 Å². The molecule has 0 atom stereocenters. The molecule has 0 spiro atoms. The molecule has 0 radical (unpaired) electrons. The molecule has 0 saturated carbocycles. The first kappa shape index (κ1) is 15.1. The topological polar surface area (TPSA) is 49.8 Å². The summed E-state index contributed by atoms with van der Waals surface area (Å²) in [6, 6.07) is 7.55. The van der Waals surface area contributed by atoms with Crippen molar-refractivity contribution >= 4 is 44.9 Å². The molecule has 0 unspecified atom stereocenters. The summed E-state index contributed by atoms with van der Waals surface area (Å²) in [5.74, 6) is 2.25. The van der Waals surface area contributed by atoms with Gasteiger partial charge in [0, 0.05) is 17.1 Å². The van der Waals surface area contributed by atoms with E-state index in [1.165, 1.54) is 0 Å². The zero-order valence-electron chi connectivity index (χ0n) is 11.4. The molecule has 0 saturated heterocycles. The van der Waals surface area contributed by atoms with Crippen LogP contribution >= 0.6 is 27.5 Å². The number of rotatable bonds is 5. The Hall–Kier alpha value is -1.33. The quantitative estimate of drug-likeness (QED) is 0.811. The summed E-state index contributed by atoms with van der Waals surface area (Å²) in [5.41, 5.74) is 0.814. The number of aryl methyl sites for hydroxylation is 1. The molecule has 0 aliphatic rings. The van der Waals surface area contributed by atoms with E-state index in [1.807, 2.05) is 31.2 Å². The van der Waals surface area contributed by atoms with Gasteiger partial charge in [0.2, 0.25) is 0 Å². The number of benzene rings is 1. The average molecular weight is 356 g/mol. The lowest BCUT2D eigenvalue weighted by molar-refractivity contribution is 0.955. The smallest absolute Gasteiger partial charge is 0.136 e. The van der Waals surface area contributed by atoms with E-state index in [0.717, 1.165) is 34.8 Å². The molecule has 0 amide bonds. The maximum absolute atomic E-state index is 6.19. The second-order valence-electron chi connectivity index (χ2n) is 4.36. The van der Waals surface area contributed by atoms with Crippen molar-refractivity contribution in [2.45, 2.75) is 20.3 Å². The lowest BCUT2D eigenvalue weighted by atomic mass is 10.3. The maximum atomic E-state index is 6.19. The average Bonchev–Trinajstić information content (AvgIpc) is 2.39. The van der Waals surface area contributed by atoms with E-state index < -0.39 is 0 Å². The molecule has 0 aliphatic heterocycles. The van der Waals surface area contributed by atoms with Crippen LogP contribution in [0, 0.1) is 6.92 Å². The highest BCUT2D eigenvalue weighted by molar-refractivity contribution is 9.10. The van der Waals surface area contributed by atoms with Gasteiger partial charge in [0.15, 0.2) is 0 Å². The second kappa shape index (κ2) is 6.90. The molecule has 106 valence electrons. The van der Waals surface area contributed by atoms with Crippen molar-refractivity contribution in [2.24, 2.45) is 0 Å². The van der Waals surface area contributed by atoms with Gasteiger partial charge in [-0.05, 0) is 31.5 Å². The fraction of sp³-hybridized carbons (Fsp3) is 0.286. The van der Waals surface area contributed by atoms with Gasteiger partial charge in [0.25, 0.3) is 0 Å². The summed E-state index contributed by atoms with van der Waals surface area (Å²) in [7, 11) is 0. The molecule has 0 fully saturated rings. The summed E-state index contributed by atoms with van der Waals surface area (Å²) >= 11 is 9.58. The third-order valence-electron chi connectivity index (χ3n) is 2.59. The Kier molecular flexibility index (Phi) is 5.20. The van der Waals surface area contributed by atoms with E-state index in [0.29, 0.717) is 10.8 Å². The minimum atomic E-state index is 0.638. The van der Waals surface area contributed by atoms with Crippen molar-refractivity contribution < 1.29 is 0 Å². The fourth-order valence-electron chi connectivity index (χ4n) is 1.70.